The lowest BCUT2D eigenvalue weighted by atomic mass is 10.1. The molecule has 1 amide bonds. The molecule has 1 heterocycles. The topological polar surface area (TPSA) is 49.3 Å². The van der Waals surface area contributed by atoms with Crippen LogP contribution in [0.2, 0.25) is 0 Å². The Hall–Kier alpha value is -1.53. The second-order valence-electron chi connectivity index (χ2n) is 4.16. The second kappa shape index (κ2) is 5.63. The second-order valence-corrected chi connectivity index (χ2v) is 5.22. The van der Waals surface area contributed by atoms with E-state index in [1.165, 1.54) is 11.3 Å². The number of rotatable bonds is 4. The van der Waals surface area contributed by atoms with Crippen LogP contribution in [0.1, 0.15) is 15.2 Å². The number of hydrogen-bond acceptors (Lipinski definition) is 3. The fraction of sp³-hybridized carbons (Fsp3) is 0.308. The monoisotopic (exact) mass is 285 g/mol. The molecule has 0 saturated carbocycles. The summed E-state index contributed by atoms with van der Waals surface area (Å²) in [5.74, 6) is -0.432. The molecule has 1 aromatic heterocycles. The molecule has 0 fully saturated rings. The Morgan fingerprint density at radius 1 is 1.42 bits per heavy atom. The maximum atomic E-state index is 12.1. The number of benzene rings is 1. The molecule has 0 saturated heterocycles. The number of fused-ring (bicyclic) bond motifs is 1. The molecule has 0 aliphatic carbocycles. The maximum Gasteiger partial charge on any atom is 0.265 e. The van der Waals surface area contributed by atoms with Gasteiger partial charge in [0.2, 0.25) is 0 Å². The number of alkyl halides is 2. The number of nitrogens with one attached hydrogen (secondary N) is 1. The van der Waals surface area contributed by atoms with Crippen molar-refractivity contribution in [1.82, 2.24) is 5.32 Å². The molecule has 3 nitrogen and oxygen atoms in total. The largest absolute Gasteiger partial charge is 0.385 e. The van der Waals surface area contributed by atoms with Crippen LogP contribution in [0.15, 0.2) is 24.3 Å². The molecule has 1 aromatic carbocycles. The van der Waals surface area contributed by atoms with Crippen molar-refractivity contribution in [2.24, 2.45) is 0 Å². The van der Waals surface area contributed by atoms with Crippen molar-refractivity contribution in [3.05, 3.63) is 34.7 Å². The van der Waals surface area contributed by atoms with E-state index in [9.17, 15) is 13.6 Å². The predicted octanol–water partition coefficient (Wildman–Crippen LogP) is 2.57. The van der Waals surface area contributed by atoms with Gasteiger partial charge in [-0.05, 0) is 23.9 Å². The van der Waals surface area contributed by atoms with E-state index in [0.717, 1.165) is 15.6 Å². The summed E-state index contributed by atoms with van der Waals surface area (Å²) in [5.41, 5.74) is 0.824. The zero-order chi connectivity index (χ0) is 14.0. The maximum absolute atomic E-state index is 12.1. The van der Waals surface area contributed by atoms with E-state index >= 15 is 0 Å². The lowest BCUT2D eigenvalue weighted by molar-refractivity contribution is -0.00268. The molecule has 1 atom stereocenters. The summed E-state index contributed by atoms with van der Waals surface area (Å²) in [6, 6.07) is 7.56. The number of amides is 1. The van der Waals surface area contributed by atoms with Crippen molar-refractivity contribution >= 4 is 27.3 Å². The number of carbonyl (C=O) groups excluding carboxylic acids is 1. The Morgan fingerprint density at radius 3 is 2.74 bits per heavy atom. The van der Waals surface area contributed by atoms with Gasteiger partial charge in [-0.25, -0.2) is 8.78 Å². The molecule has 102 valence electrons. The summed E-state index contributed by atoms with van der Waals surface area (Å²) in [6.45, 7) is 1.36. The average Bonchev–Trinajstić information content (AvgIpc) is 2.73. The molecule has 19 heavy (non-hydrogen) atoms. The van der Waals surface area contributed by atoms with Crippen molar-refractivity contribution in [3.63, 3.8) is 0 Å². The van der Waals surface area contributed by atoms with Crippen LogP contribution < -0.4 is 5.32 Å². The van der Waals surface area contributed by atoms with Crippen LogP contribution >= 0.6 is 11.3 Å². The molecule has 2 N–H and O–H groups in total. The first-order valence-corrected chi connectivity index (χ1v) is 6.55. The molecule has 0 aliphatic heterocycles. The van der Waals surface area contributed by atoms with E-state index in [4.69, 9.17) is 5.11 Å². The number of hydrogen-bond donors (Lipinski definition) is 2. The summed E-state index contributed by atoms with van der Waals surface area (Å²) < 4.78 is 25.2. The first-order valence-electron chi connectivity index (χ1n) is 5.73. The fourth-order valence-electron chi connectivity index (χ4n) is 1.76. The zero-order valence-corrected chi connectivity index (χ0v) is 11.0. The van der Waals surface area contributed by atoms with Gasteiger partial charge in [0, 0.05) is 11.2 Å². The summed E-state index contributed by atoms with van der Waals surface area (Å²) in [6.07, 6.45) is -4.69. The molecule has 6 heteroatoms. The van der Waals surface area contributed by atoms with Crippen molar-refractivity contribution < 1.29 is 18.7 Å². The molecule has 0 spiro atoms. The Bertz CT molecular complexity index is 597. The van der Waals surface area contributed by atoms with E-state index in [1.807, 2.05) is 31.2 Å². The van der Waals surface area contributed by atoms with Crippen molar-refractivity contribution in [1.29, 1.82) is 0 Å². The number of halogens is 2. The highest BCUT2D eigenvalue weighted by Gasteiger charge is 2.20. The van der Waals surface area contributed by atoms with Crippen molar-refractivity contribution in [2.45, 2.75) is 19.5 Å². The zero-order valence-electron chi connectivity index (χ0n) is 10.2. The number of aliphatic hydroxyl groups excluding tert-OH is 1. The van der Waals surface area contributed by atoms with Crippen LogP contribution in [0.3, 0.4) is 0 Å². The molecule has 2 rings (SSSR count). The minimum absolute atomic E-state index is 0.432. The molecule has 0 radical (unpaired) electrons. The fourth-order valence-corrected chi connectivity index (χ4v) is 2.88. The average molecular weight is 285 g/mol. The van der Waals surface area contributed by atoms with Crippen LogP contribution in [0.5, 0.6) is 0 Å². The van der Waals surface area contributed by atoms with Gasteiger partial charge >= 0.3 is 0 Å². The predicted molar refractivity (Wildman–Crippen MR) is 70.9 cm³/mol. The Labute approximate surface area is 112 Å². The molecular formula is C13H13F2NO2S. The third-order valence-electron chi connectivity index (χ3n) is 2.81. The van der Waals surface area contributed by atoms with Gasteiger partial charge in [0.1, 0.15) is 6.10 Å². The lowest BCUT2D eigenvalue weighted by Gasteiger charge is -2.10. The van der Waals surface area contributed by atoms with E-state index in [-0.39, 0.29) is 0 Å². The highest BCUT2D eigenvalue weighted by Crippen LogP contribution is 2.30. The van der Waals surface area contributed by atoms with Crippen LogP contribution in [-0.4, -0.2) is 30.1 Å². The minimum atomic E-state index is -2.86. The number of aryl methyl sites for hydroxylation is 1. The summed E-state index contributed by atoms with van der Waals surface area (Å²) >= 11 is 1.31. The molecule has 0 aliphatic rings. The number of thiophene rings is 1. The van der Waals surface area contributed by atoms with Gasteiger partial charge in [-0.2, -0.15) is 0 Å². The highest BCUT2D eigenvalue weighted by molar-refractivity contribution is 7.21. The molecule has 2 aromatic rings. The Morgan fingerprint density at radius 2 is 2.11 bits per heavy atom. The van der Waals surface area contributed by atoms with Gasteiger partial charge in [-0.1, -0.05) is 18.2 Å². The van der Waals surface area contributed by atoms with Gasteiger partial charge in [0.25, 0.3) is 12.3 Å². The standard InChI is InChI=1S/C13H13F2NO2S/c1-7-8-4-2-3-5-10(8)19-11(7)13(18)16-6-9(17)12(14)15/h2-5,9,12,17H,6H2,1H3,(H,16,18). The number of aliphatic hydroxyl groups is 1. The van der Waals surface area contributed by atoms with Crippen LogP contribution in [0, 0.1) is 6.92 Å². The SMILES string of the molecule is Cc1c(C(=O)NCC(O)C(F)F)sc2ccccc12. The normalized spacial score (nSPS) is 12.9. The summed E-state index contributed by atoms with van der Waals surface area (Å²) in [5, 5.41) is 12.3. The van der Waals surface area contributed by atoms with Crippen LogP contribution in [0.4, 0.5) is 8.78 Å². The van der Waals surface area contributed by atoms with E-state index in [2.05, 4.69) is 5.32 Å². The summed E-state index contributed by atoms with van der Waals surface area (Å²) in [7, 11) is 0. The van der Waals surface area contributed by atoms with Gasteiger partial charge in [-0.15, -0.1) is 11.3 Å². The third-order valence-corrected chi connectivity index (χ3v) is 4.08. The van der Waals surface area contributed by atoms with E-state index < -0.39 is 25.0 Å². The van der Waals surface area contributed by atoms with Crippen LogP contribution in [-0.2, 0) is 0 Å². The van der Waals surface area contributed by atoms with Gasteiger partial charge in [0.05, 0.1) is 4.88 Å². The van der Waals surface area contributed by atoms with E-state index in [1.54, 1.807) is 0 Å². The van der Waals surface area contributed by atoms with E-state index in [0.29, 0.717) is 4.88 Å². The highest BCUT2D eigenvalue weighted by atomic mass is 32.1. The molecule has 1 unspecified atom stereocenters. The molecular weight excluding hydrogens is 272 g/mol. The number of carbonyl (C=O) groups is 1. The first-order chi connectivity index (χ1) is 9.00. The lowest BCUT2D eigenvalue weighted by Crippen LogP contribution is -2.35. The third kappa shape index (κ3) is 2.90. The van der Waals surface area contributed by atoms with Gasteiger partial charge in [0.15, 0.2) is 0 Å². The minimum Gasteiger partial charge on any atom is -0.385 e. The molecule has 0 bridgehead atoms. The Kier molecular flexibility index (Phi) is 4.11. The van der Waals surface area contributed by atoms with Crippen LogP contribution in [0.25, 0.3) is 10.1 Å². The summed E-state index contributed by atoms with van der Waals surface area (Å²) in [4.78, 5) is 12.4. The Balaban J connectivity index is 2.16. The quantitative estimate of drug-likeness (QED) is 0.907. The van der Waals surface area contributed by atoms with Gasteiger partial charge < -0.3 is 10.4 Å². The van der Waals surface area contributed by atoms with Crippen molar-refractivity contribution in [2.75, 3.05) is 6.54 Å². The van der Waals surface area contributed by atoms with Crippen molar-refractivity contribution in [3.8, 4) is 0 Å². The first kappa shape index (κ1) is 13.9. The smallest absolute Gasteiger partial charge is 0.265 e. The van der Waals surface area contributed by atoms with Gasteiger partial charge in [-0.3, -0.25) is 4.79 Å².